The van der Waals surface area contributed by atoms with Gasteiger partial charge in [-0.15, -0.1) is 10.2 Å². The van der Waals surface area contributed by atoms with Gasteiger partial charge < -0.3 is 10.2 Å². The van der Waals surface area contributed by atoms with Gasteiger partial charge in [0.2, 0.25) is 0 Å². The van der Waals surface area contributed by atoms with E-state index in [9.17, 15) is 4.79 Å². The third-order valence-electron chi connectivity index (χ3n) is 6.23. The van der Waals surface area contributed by atoms with E-state index in [1.54, 1.807) is 22.1 Å². The van der Waals surface area contributed by atoms with E-state index in [2.05, 4.69) is 39.4 Å². The summed E-state index contributed by atoms with van der Waals surface area (Å²) in [6, 6.07) is 7.72. The van der Waals surface area contributed by atoms with E-state index in [0.717, 1.165) is 22.8 Å². The van der Waals surface area contributed by atoms with Crippen molar-refractivity contribution in [2.75, 3.05) is 23.9 Å². The summed E-state index contributed by atoms with van der Waals surface area (Å²) in [4.78, 5) is 27.0. The Morgan fingerprint density at radius 1 is 1.23 bits per heavy atom. The fourth-order valence-corrected chi connectivity index (χ4v) is 4.13. The van der Waals surface area contributed by atoms with Crippen LogP contribution in [0.5, 0.6) is 0 Å². The molecule has 1 aliphatic rings. The Balaban J connectivity index is 1.51. The van der Waals surface area contributed by atoms with E-state index in [1.807, 2.05) is 56.2 Å². The monoisotopic (exact) mass is 472 g/mol. The first-order chi connectivity index (χ1) is 16.9. The Labute approximate surface area is 203 Å². The minimum absolute atomic E-state index is 0.0865. The molecule has 4 aromatic heterocycles. The molecule has 5 rings (SSSR count). The molecular formula is C24H28N10O. The molecule has 4 aromatic rings. The van der Waals surface area contributed by atoms with Crippen molar-refractivity contribution in [2.45, 2.75) is 33.0 Å². The van der Waals surface area contributed by atoms with Gasteiger partial charge in [-0.3, -0.25) is 18.9 Å². The van der Waals surface area contributed by atoms with Crippen molar-refractivity contribution in [3.63, 3.8) is 0 Å². The molecule has 1 aliphatic heterocycles. The number of nitrogens with one attached hydrogen (secondary N) is 1. The van der Waals surface area contributed by atoms with E-state index in [4.69, 9.17) is 9.97 Å². The average Bonchev–Trinajstić information content (AvgIpc) is 3.58. The normalized spacial score (nSPS) is 13.1. The van der Waals surface area contributed by atoms with Crippen molar-refractivity contribution < 1.29 is 4.79 Å². The van der Waals surface area contributed by atoms with Gasteiger partial charge in [0.1, 0.15) is 23.7 Å². The van der Waals surface area contributed by atoms with E-state index >= 15 is 0 Å². The maximum Gasteiger partial charge on any atom is 0.260 e. The summed E-state index contributed by atoms with van der Waals surface area (Å²) in [5.74, 6) is 1.82. The number of rotatable bonds is 7. The zero-order valence-corrected chi connectivity index (χ0v) is 20.5. The summed E-state index contributed by atoms with van der Waals surface area (Å²) in [5.41, 5.74) is 3.90. The fraction of sp³-hybridized carbons (Fsp3) is 0.333. The summed E-state index contributed by atoms with van der Waals surface area (Å²) in [6.45, 7) is 5.18. The molecule has 0 unspecified atom stereocenters. The molecule has 0 atom stereocenters. The molecule has 5 heterocycles. The van der Waals surface area contributed by atoms with Crippen LogP contribution < -0.4 is 15.1 Å². The molecule has 0 saturated heterocycles. The molecule has 35 heavy (non-hydrogen) atoms. The van der Waals surface area contributed by atoms with Gasteiger partial charge in [-0.25, -0.2) is 9.97 Å². The molecular weight excluding hydrogens is 444 g/mol. The molecule has 11 nitrogen and oxygen atoms in total. The molecule has 0 bridgehead atoms. The molecule has 0 aliphatic carbocycles. The van der Waals surface area contributed by atoms with Gasteiger partial charge in [-0.05, 0) is 39.1 Å². The highest BCUT2D eigenvalue weighted by Gasteiger charge is 2.33. The lowest BCUT2D eigenvalue weighted by Crippen LogP contribution is -2.27. The van der Waals surface area contributed by atoms with Crippen molar-refractivity contribution in [1.29, 1.82) is 0 Å². The Morgan fingerprint density at radius 2 is 2.06 bits per heavy atom. The largest absolute Gasteiger partial charge is 0.357 e. The van der Waals surface area contributed by atoms with E-state index in [1.165, 1.54) is 0 Å². The van der Waals surface area contributed by atoms with Gasteiger partial charge in [-0.2, -0.15) is 5.10 Å². The molecule has 1 amide bonds. The van der Waals surface area contributed by atoms with Crippen LogP contribution in [0, 0.1) is 0 Å². The van der Waals surface area contributed by atoms with Crippen LogP contribution in [0.25, 0.3) is 17.2 Å². The van der Waals surface area contributed by atoms with Crippen LogP contribution in [-0.4, -0.2) is 60.6 Å². The lowest BCUT2D eigenvalue weighted by atomic mass is 10.1. The second-order valence-corrected chi connectivity index (χ2v) is 8.86. The summed E-state index contributed by atoms with van der Waals surface area (Å²) in [7, 11) is 5.72. The second kappa shape index (κ2) is 8.91. The number of carbonyl (C=O) groups excluding carboxylic acids is 1. The molecule has 0 saturated carbocycles. The molecule has 0 aromatic carbocycles. The van der Waals surface area contributed by atoms with Crippen LogP contribution in [0.3, 0.4) is 0 Å². The zero-order valence-electron chi connectivity index (χ0n) is 20.5. The van der Waals surface area contributed by atoms with E-state index in [-0.39, 0.29) is 11.9 Å². The van der Waals surface area contributed by atoms with Gasteiger partial charge in [0.25, 0.3) is 5.91 Å². The molecule has 0 radical (unpaired) electrons. The topological polar surface area (TPSA) is 110 Å². The number of carbonyl (C=O) groups is 1. The summed E-state index contributed by atoms with van der Waals surface area (Å²) in [6.07, 6.45) is 5.23. The standard InChI is InChI=1S/C24H28N10O/c1-15(2)32(5)22-9-17-18(20(29-22)11-25-3)13-33(24(17)35)21-8-6-7-19(28-21)23-30-26-14-34(23)16-10-27-31(4)12-16/h6-10,12,14-15,25H,11,13H2,1-5H3. The van der Waals surface area contributed by atoms with Crippen LogP contribution in [0.2, 0.25) is 0 Å². The van der Waals surface area contributed by atoms with Gasteiger partial charge in [0, 0.05) is 38.4 Å². The molecule has 0 spiro atoms. The fourth-order valence-electron chi connectivity index (χ4n) is 4.13. The predicted molar refractivity (Wildman–Crippen MR) is 132 cm³/mol. The van der Waals surface area contributed by atoms with Gasteiger partial charge in [0.15, 0.2) is 5.82 Å². The number of nitrogens with zero attached hydrogens (tertiary/aromatic N) is 9. The predicted octanol–water partition coefficient (Wildman–Crippen LogP) is 2.18. The molecule has 0 fully saturated rings. The van der Waals surface area contributed by atoms with Crippen LogP contribution in [0.1, 0.15) is 35.5 Å². The first kappa shape index (κ1) is 22.7. The Bertz CT molecular complexity index is 1390. The highest BCUT2D eigenvalue weighted by atomic mass is 16.2. The summed E-state index contributed by atoms with van der Waals surface area (Å²) in [5, 5.41) is 15.7. The lowest BCUT2D eigenvalue weighted by molar-refractivity contribution is 0.0996. The number of pyridine rings is 2. The molecule has 11 heteroatoms. The smallest absolute Gasteiger partial charge is 0.260 e. The van der Waals surface area contributed by atoms with Crippen LogP contribution in [0.15, 0.2) is 43.0 Å². The minimum atomic E-state index is -0.0865. The highest BCUT2D eigenvalue weighted by molar-refractivity contribution is 6.10. The number of anilines is 2. The zero-order chi connectivity index (χ0) is 24.7. The SMILES string of the molecule is CNCc1nc(N(C)C(C)C)cc2c1CN(c1cccc(-c3nncn3-c3cnn(C)c3)n1)C2=O. The van der Waals surface area contributed by atoms with Gasteiger partial charge in [-0.1, -0.05) is 6.07 Å². The van der Waals surface area contributed by atoms with Crippen molar-refractivity contribution >= 4 is 17.5 Å². The first-order valence-corrected chi connectivity index (χ1v) is 11.5. The Hall–Kier alpha value is -4.12. The van der Waals surface area contributed by atoms with Gasteiger partial charge in [0.05, 0.1) is 29.7 Å². The Kier molecular flexibility index (Phi) is 5.77. The molecule has 180 valence electrons. The third kappa shape index (κ3) is 4.03. The van der Waals surface area contributed by atoms with E-state index in [0.29, 0.717) is 36.0 Å². The summed E-state index contributed by atoms with van der Waals surface area (Å²) >= 11 is 0. The van der Waals surface area contributed by atoms with Crippen LogP contribution in [0.4, 0.5) is 11.6 Å². The van der Waals surface area contributed by atoms with Crippen molar-refractivity contribution in [3.8, 4) is 17.2 Å². The summed E-state index contributed by atoms with van der Waals surface area (Å²) < 4.78 is 3.54. The number of amides is 1. The maximum atomic E-state index is 13.6. The third-order valence-corrected chi connectivity index (χ3v) is 6.23. The van der Waals surface area contributed by atoms with Crippen molar-refractivity contribution in [2.24, 2.45) is 7.05 Å². The van der Waals surface area contributed by atoms with Crippen molar-refractivity contribution in [3.05, 3.63) is 59.8 Å². The number of aromatic nitrogens is 7. The van der Waals surface area contributed by atoms with Crippen LogP contribution >= 0.6 is 0 Å². The minimum Gasteiger partial charge on any atom is -0.357 e. The highest BCUT2D eigenvalue weighted by Crippen LogP contribution is 2.32. The average molecular weight is 473 g/mol. The first-order valence-electron chi connectivity index (χ1n) is 11.5. The number of hydrogen-bond acceptors (Lipinski definition) is 8. The number of hydrogen-bond donors (Lipinski definition) is 1. The number of aryl methyl sites for hydroxylation is 1. The quantitative estimate of drug-likeness (QED) is 0.436. The lowest BCUT2D eigenvalue weighted by Gasteiger charge is -2.24. The molecule has 1 N–H and O–H groups in total. The van der Waals surface area contributed by atoms with E-state index < -0.39 is 0 Å². The van der Waals surface area contributed by atoms with Crippen molar-refractivity contribution in [1.82, 2.24) is 39.8 Å². The van der Waals surface area contributed by atoms with Gasteiger partial charge >= 0.3 is 0 Å². The maximum absolute atomic E-state index is 13.6. The Morgan fingerprint density at radius 3 is 2.77 bits per heavy atom. The van der Waals surface area contributed by atoms with Crippen LogP contribution in [-0.2, 0) is 20.1 Å². The second-order valence-electron chi connectivity index (χ2n) is 8.86. The number of fused-ring (bicyclic) bond motifs is 1.